The number of esters is 4. The van der Waals surface area contributed by atoms with E-state index in [1.807, 2.05) is 24.3 Å². The maximum absolute atomic E-state index is 13.0. The summed E-state index contributed by atoms with van der Waals surface area (Å²) in [5.74, 6) is -0.0719. The zero-order valence-electron chi connectivity index (χ0n) is 38.7. The van der Waals surface area contributed by atoms with E-state index in [9.17, 15) is 19.2 Å². The van der Waals surface area contributed by atoms with Crippen LogP contribution in [0.3, 0.4) is 0 Å². The molecular weight excluding hydrogens is 833 g/mol. The Hall–Kier alpha value is -6.68. The average molecular weight is 897 g/mol. The molecule has 0 aromatic heterocycles. The van der Waals surface area contributed by atoms with E-state index in [4.69, 9.17) is 28.4 Å². The minimum absolute atomic E-state index is 0.152. The minimum atomic E-state index is -0.662. The third-order valence-electron chi connectivity index (χ3n) is 10.8. The van der Waals surface area contributed by atoms with E-state index in [0.717, 1.165) is 37.0 Å². The molecule has 0 bridgehead atoms. The summed E-state index contributed by atoms with van der Waals surface area (Å²) >= 11 is 0. The minimum Gasteiger partial charge on any atom is -0.494 e. The molecule has 10 heteroatoms. The zero-order chi connectivity index (χ0) is 46.8. The standard InChI is InChI=1S/C56H64O10/c1-4-6-8-10-11-12-13-14-16-18-39-62-48-32-24-44(25-33-48)54(58)64-50-36-28-46(29-37-50)56(60)66-52-21-19-20-51(41-52)65-55(59)45-26-34-49(35-27-45)63-53(57)42(3)40-43-22-30-47(31-23-43)61-38-17-15-9-7-5-2/h19-37,40-41H,4-18,38-39H2,1-3H3/b42-40+. The second kappa shape index (κ2) is 28.3. The topological polar surface area (TPSA) is 124 Å². The molecule has 0 unspecified atom stereocenters. The summed E-state index contributed by atoms with van der Waals surface area (Å²) in [5, 5.41) is 0. The molecule has 0 saturated heterocycles. The third kappa shape index (κ3) is 18.1. The largest absolute Gasteiger partial charge is 0.494 e. The van der Waals surface area contributed by atoms with Crippen LogP contribution in [0.4, 0.5) is 0 Å². The predicted molar refractivity (Wildman–Crippen MR) is 258 cm³/mol. The number of ether oxygens (including phenoxy) is 6. The summed E-state index contributed by atoms with van der Waals surface area (Å²) in [5.41, 5.74) is 2.04. The molecule has 0 aliphatic heterocycles. The Morgan fingerprint density at radius 1 is 0.394 bits per heavy atom. The second-order valence-electron chi connectivity index (χ2n) is 16.3. The number of hydrogen-bond donors (Lipinski definition) is 0. The van der Waals surface area contributed by atoms with Crippen LogP contribution >= 0.6 is 0 Å². The van der Waals surface area contributed by atoms with Crippen molar-refractivity contribution in [2.24, 2.45) is 0 Å². The van der Waals surface area contributed by atoms with Gasteiger partial charge in [-0.3, -0.25) is 0 Å². The van der Waals surface area contributed by atoms with Gasteiger partial charge in [0.25, 0.3) is 0 Å². The van der Waals surface area contributed by atoms with Crippen molar-refractivity contribution in [3.05, 3.63) is 149 Å². The van der Waals surface area contributed by atoms with Gasteiger partial charge in [-0.1, -0.05) is 116 Å². The monoisotopic (exact) mass is 896 g/mol. The summed E-state index contributed by atoms with van der Waals surface area (Å²) in [6, 6.07) is 32.5. The highest BCUT2D eigenvalue weighted by atomic mass is 16.6. The fourth-order valence-electron chi connectivity index (χ4n) is 6.94. The third-order valence-corrected chi connectivity index (χ3v) is 10.8. The van der Waals surface area contributed by atoms with Crippen LogP contribution in [0.1, 0.15) is 154 Å². The van der Waals surface area contributed by atoms with Crippen LogP contribution in [-0.4, -0.2) is 37.1 Å². The number of carbonyl (C=O) groups is 4. The van der Waals surface area contributed by atoms with Crippen molar-refractivity contribution in [2.45, 2.75) is 117 Å². The van der Waals surface area contributed by atoms with Gasteiger partial charge in [-0.25, -0.2) is 19.2 Å². The molecule has 0 aliphatic rings. The summed E-state index contributed by atoms with van der Waals surface area (Å²) in [4.78, 5) is 51.6. The van der Waals surface area contributed by atoms with E-state index in [1.54, 1.807) is 55.5 Å². The lowest BCUT2D eigenvalue weighted by molar-refractivity contribution is -0.130. The van der Waals surface area contributed by atoms with Crippen LogP contribution in [0.2, 0.25) is 0 Å². The normalized spacial score (nSPS) is 11.1. The van der Waals surface area contributed by atoms with Gasteiger partial charge in [0.1, 0.15) is 34.5 Å². The average Bonchev–Trinajstić information content (AvgIpc) is 3.33. The van der Waals surface area contributed by atoms with Crippen molar-refractivity contribution in [1.29, 1.82) is 0 Å². The maximum Gasteiger partial charge on any atom is 0.343 e. The van der Waals surface area contributed by atoms with E-state index >= 15 is 0 Å². The number of unbranched alkanes of at least 4 members (excludes halogenated alkanes) is 13. The molecule has 0 radical (unpaired) electrons. The van der Waals surface area contributed by atoms with Gasteiger partial charge >= 0.3 is 23.9 Å². The van der Waals surface area contributed by atoms with Crippen LogP contribution in [0.15, 0.2) is 127 Å². The first-order chi connectivity index (χ1) is 32.2. The highest BCUT2D eigenvalue weighted by Crippen LogP contribution is 2.24. The van der Waals surface area contributed by atoms with E-state index in [-0.39, 0.29) is 34.1 Å². The maximum atomic E-state index is 13.0. The van der Waals surface area contributed by atoms with E-state index in [0.29, 0.717) is 30.1 Å². The molecule has 0 fully saturated rings. The van der Waals surface area contributed by atoms with Gasteiger partial charge in [-0.2, -0.15) is 0 Å². The summed E-state index contributed by atoms with van der Waals surface area (Å²) in [7, 11) is 0. The summed E-state index contributed by atoms with van der Waals surface area (Å²) < 4.78 is 33.8. The van der Waals surface area contributed by atoms with Crippen LogP contribution in [0.5, 0.6) is 34.5 Å². The molecule has 348 valence electrons. The van der Waals surface area contributed by atoms with Crippen molar-refractivity contribution in [3.63, 3.8) is 0 Å². The molecule has 5 aromatic carbocycles. The fourth-order valence-corrected chi connectivity index (χ4v) is 6.94. The van der Waals surface area contributed by atoms with Crippen molar-refractivity contribution in [2.75, 3.05) is 13.2 Å². The van der Waals surface area contributed by atoms with Crippen LogP contribution in [0.25, 0.3) is 6.08 Å². The van der Waals surface area contributed by atoms with Crippen LogP contribution < -0.4 is 28.4 Å². The molecule has 0 amide bonds. The quantitative estimate of drug-likeness (QED) is 0.0207. The van der Waals surface area contributed by atoms with Gasteiger partial charge in [0.15, 0.2) is 0 Å². The molecule has 0 aliphatic carbocycles. The Balaban J connectivity index is 1.01. The lowest BCUT2D eigenvalue weighted by Crippen LogP contribution is -2.11. The van der Waals surface area contributed by atoms with Crippen LogP contribution in [-0.2, 0) is 4.79 Å². The van der Waals surface area contributed by atoms with Gasteiger partial charge in [0.05, 0.1) is 29.9 Å². The van der Waals surface area contributed by atoms with E-state index in [2.05, 4.69) is 13.8 Å². The lowest BCUT2D eigenvalue weighted by atomic mass is 10.1. The molecule has 0 saturated carbocycles. The molecule has 0 spiro atoms. The smallest absolute Gasteiger partial charge is 0.343 e. The summed E-state index contributed by atoms with van der Waals surface area (Å²) in [6.07, 6.45) is 20.2. The van der Waals surface area contributed by atoms with Crippen molar-refractivity contribution in [3.8, 4) is 34.5 Å². The van der Waals surface area contributed by atoms with Gasteiger partial charge in [-0.05, 0) is 128 Å². The molecule has 0 N–H and O–H groups in total. The van der Waals surface area contributed by atoms with E-state index in [1.165, 1.54) is 125 Å². The number of hydrogen-bond acceptors (Lipinski definition) is 10. The lowest BCUT2D eigenvalue weighted by Gasteiger charge is -2.09. The van der Waals surface area contributed by atoms with Gasteiger partial charge in [0, 0.05) is 11.6 Å². The number of rotatable bonds is 28. The second-order valence-corrected chi connectivity index (χ2v) is 16.3. The van der Waals surface area contributed by atoms with Crippen molar-refractivity contribution < 1.29 is 47.6 Å². The molecule has 5 rings (SSSR count). The van der Waals surface area contributed by atoms with Gasteiger partial charge in [-0.15, -0.1) is 0 Å². The molecule has 10 nitrogen and oxygen atoms in total. The Labute approximate surface area is 390 Å². The molecule has 0 heterocycles. The zero-order valence-corrected chi connectivity index (χ0v) is 38.7. The molecular formula is C56H64O10. The number of benzene rings is 5. The SMILES string of the molecule is CCCCCCCCCCCCOc1ccc(C(=O)Oc2ccc(C(=O)Oc3cccc(OC(=O)c4ccc(OC(=O)/C(C)=C/c5ccc(OCCCCCCC)cc5)cc4)c3)cc2)cc1. The molecule has 66 heavy (non-hydrogen) atoms. The van der Waals surface area contributed by atoms with Gasteiger partial charge in [0.2, 0.25) is 0 Å². The van der Waals surface area contributed by atoms with E-state index < -0.39 is 23.9 Å². The first-order valence-corrected chi connectivity index (χ1v) is 23.5. The predicted octanol–water partition coefficient (Wildman–Crippen LogP) is 14.0. The first kappa shape index (κ1) is 50.3. The van der Waals surface area contributed by atoms with Crippen molar-refractivity contribution >= 4 is 30.0 Å². The highest BCUT2D eigenvalue weighted by Gasteiger charge is 2.15. The fraction of sp³-hybridized carbons (Fsp3) is 0.357. The molecule has 0 atom stereocenters. The Morgan fingerprint density at radius 2 is 0.742 bits per heavy atom. The highest BCUT2D eigenvalue weighted by molar-refractivity contribution is 5.95. The molecule has 5 aromatic rings. The van der Waals surface area contributed by atoms with Crippen molar-refractivity contribution in [1.82, 2.24) is 0 Å². The van der Waals surface area contributed by atoms with Crippen LogP contribution in [0, 0.1) is 0 Å². The summed E-state index contributed by atoms with van der Waals surface area (Å²) in [6.45, 7) is 7.43. The Bertz CT molecular complexity index is 2280. The Morgan fingerprint density at radius 3 is 1.17 bits per heavy atom. The number of carbonyl (C=O) groups excluding carboxylic acids is 4. The van der Waals surface area contributed by atoms with Gasteiger partial charge < -0.3 is 28.4 Å². The Kier molecular flexibility index (Phi) is 21.6. The first-order valence-electron chi connectivity index (χ1n) is 23.5.